The summed E-state index contributed by atoms with van der Waals surface area (Å²) in [6.45, 7) is 19.4. The van der Waals surface area contributed by atoms with Gasteiger partial charge in [-0.2, -0.15) is 0 Å². The number of ether oxygens (including phenoxy) is 3. The Morgan fingerprint density at radius 3 is 2.13 bits per heavy atom. The van der Waals surface area contributed by atoms with Crippen LogP contribution in [0.2, 0.25) is 0 Å². The van der Waals surface area contributed by atoms with Crippen LogP contribution in [-0.2, 0) is 17.8 Å². The van der Waals surface area contributed by atoms with Crippen molar-refractivity contribution in [1.82, 2.24) is 10.0 Å². The molecule has 0 fully saturated rings. The lowest BCUT2D eigenvalue weighted by Crippen LogP contribution is -2.46. The summed E-state index contributed by atoms with van der Waals surface area (Å²) in [5.41, 5.74) is 2.89. The van der Waals surface area contributed by atoms with Gasteiger partial charge in [0.25, 0.3) is 0 Å². The summed E-state index contributed by atoms with van der Waals surface area (Å²) < 4.78 is 20.8. The molecule has 0 saturated heterocycles. The number of nitrogens with one attached hydrogen (secondary N) is 2. The Labute approximate surface area is 275 Å². The molecule has 0 saturated carbocycles. The van der Waals surface area contributed by atoms with Crippen molar-refractivity contribution >= 4 is 11.9 Å². The highest BCUT2D eigenvalue weighted by Gasteiger charge is 2.22. The molecule has 0 radical (unpaired) electrons. The first-order chi connectivity index (χ1) is 21.4. The summed E-state index contributed by atoms with van der Waals surface area (Å²) in [5.74, 6) is 2.11. The molecule has 0 aliphatic rings. The first kappa shape index (κ1) is 38.0. The number of aliphatic hydroxyl groups excluding tert-OH is 2. The van der Waals surface area contributed by atoms with Gasteiger partial charge in [0.05, 0.1) is 24.9 Å². The molecule has 2 atom stereocenters. The maximum atomic E-state index is 11.2. The predicted molar refractivity (Wildman–Crippen MR) is 187 cm³/mol. The Morgan fingerprint density at radius 1 is 0.889 bits per heavy atom. The monoisotopic (exact) mass is 638 g/mol. The Kier molecular flexibility index (Phi) is 16.9. The summed E-state index contributed by atoms with van der Waals surface area (Å²) in [6.07, 6.45) is 1.58. The molecule has 4 N–H and O–H groups in total. The van der Waals surface area contributed by atoms with E-state index in [-0.39, 0.29) is 12.1 Å². The van der Waals surface area contributed by atoms with E-state index >= 15 is 0 Å². The quantitative estimate of drug-likeness (QED) is 0.0889. The molecule has 45 heavy (non-hydrogen) atoms. The van der Waals surface area contributed by atoms with Crippen molar-refractivity contribution in [1.29, 1.82) is 0 Å². The van der Waals surface area contributed by atoms with E-state index in [0.717, 1.165) is 45.9 Å². The van der Waals surface area contributed by atoms with E-state index in [1.54, 1.807) is 0 Å². The SMILES string of the molecule is C=C(NC(Cc1ccc(OCc2ccccc2)cc1)C(O)CNSc1ccc(C)c(OCC)c1)OC(C)(C)C.CCC(O)CC. The standard InChI is InChI=1S/C32H42N2O4S.C5H12O/c1-7-36-31-20-28(18-13-23(31)2)39-33-21-30(35)29(34-24(3)38-32(4,5)6)19-25-14-16-27(17-15-25)37-22-26-11-9-8-10-12-26;1-3-5(6)4-2/h8-18,20,29-30,33-35H,3,7,19,21-22H2,1-2,4-6H3;5-6H,3-4H2,1-2H3. The van der Waals surface area contributed by atoms with Crippen LogP contribution in [0.1, 0.15) is 71.1 Å². The molecule has 0 heterocycles. The van der Waals surface area contributed by atoms with Crippen molar-refractivity contribution in [2.75, 3.05) is 13.2 Å². The van der Waals surface area contributed by atoms with Gasteiger partial charge >= 0.3 is 0 Å². The van der Waals surface area contributed by atoms with Gasteiger partial charge in [0.15, 0.2) is 5.88 Å². The third-order valence-electron chi connectivity index (χ3n) is 6.75. The van der Waals surface area contributed by atoms with Crippen LogP contribution in [0.15, 0.2) is 90.2 Å². The zero-order chi connectivity index (χ0) is 33.2. The van der Waals surface area contributed by atoms with Crippen LogP contribution in [0.3, 0.4) is 0 Å². The Hall–Kier alpha value is -3.17. The van der Waals surface area contributed by atoms with E-state index in [9.17, 15) is 5.11 Å². The molecule has 0 aliphatic heterocycles. The van der Waals surface area contributed by atoms with Crippen LogP contribution < -0.4 is 19.5 Å². The fraction of sp³-hybridized carbons (Fsp3) is 0.459. The molecule has 0 bridgehead atoms. The molecule has 0 spiro atoms. The number of aryl methyl sites for hydroxylation is 1. The van der Waals surface area contributed by atoms with Crippen molar-refractivity contribution in [2.24, 2.45) is 0 Å². The number of aliphatic hydroxyl groups is 2. The average molecular weight is 639 g/mol. The lowest BCUT2D eigenvalue weighted by atomic mass is 10.0. The van der Waals surface area contributed by atoms with Crippen molar-refractivity contribution in [3.05, 3.63) is 102 Å². The summed E-state index contributed by atoms with van der Waals surface area (Å²) >= 11 is 1.47. The van der Waals surface area contributed by atoms with Crippen LogP contribution in [0.4, 0.5) is 0 Å². The van der Waals surface area contributed by atoms with Gasteiger partial charge in [0, 0.05) is 11.4 Å². The lowest BCUT2D eigenvalue weighted by Gasteiger charge is -2.30. The summed E-state index contributed by atoms with van der Waals surface area (Å²) in [6, 6.07) is 23.8. The van der Waals surface area contributed by atoms with E-state index in [2.05, 4.69) is 16.6 Å². The molecule has 0 amide bonds. The second-order valence-electron chi connectivity index (χ2n) is 11.9. The third-order valence-corrected chi connectivity index (χ3v) is 7.55. The zero-order valence-corrected chi connectivity index (χ0v) is 29.0. The van der Waals surface area contributed by atoms with Crippen LogP contribution >= 0.6 is 11.9 Å². The highest BCUT2D eigenvalue weighted by molar-refractivity contribution is 7.97. The molecular formula is C37H54N2O5S. The summed E-state index contributed by atoms with van der Waals surface area (Å²) in [5, 5.41) is 23.1. The van der Waals surface area contributed by atoms with Crippen LogP contribution in [-0.4, -0.2) is 47.2 Å². The lowest BCUT2D eigenvalue weighted by molar-refractivity contribution is 0.0294. The van der Waals surface area contributed by atoms with E-state index in [1.165, 1.54) is 11.9 Å². The number of rotatable bonds is 17. The van der Waals surface area contributed by atoms with Gasteiger partial charge in [-0.25, -0.2) is 0 Å². The molecule has 7 nitrogen and oxygen atoms in total. The van der Waals surface area contributed by atoms with E-state index in [1.807, 2.05) is 121 Å². The van der Waals surface area contributed by atoms with Gasteiger partial charge in [-0.05, 0) is 113 Å². The minimum Gasteiger partial charge on any atom is -0.494 e. The van der Waals surface area contributed by atoms with Gasteiger partial charge in [0.2, 0.25) is 0 Å². The minimum atomic E-state index is -0.705. The Balaban J connectivity index is 0.00000107. The van der Waals surface area contributed by atoms with Gasteiger partial charge in [-0.3, -0.25) is 4.72 Å². The maximum absolute atomic E-state index is 11.2. The van der Waals surface area contributed by atoms with Gasteiger partial charge in [0.1, 0.15) is 23.7 Å². The second kappa shape index (κ2) is 20.1. The zero-order valence-electron chi connectivity index (χ0n) is 28.1. The first-order valence-electron chi connectivity index (χ1n) is 15.8. The Bertz CT molecular complexity index is 1240. The average Bonchev–Trinajstić information content (AvgIpc) is 3.01. The Morgan fingerprint density at radius 2 is 1.56 bits per heavy atom. The molecule has 8 heteroatoms. The van der Waals surface area contributed by atoms with E-state index in [0.29, 0.717) is 32.1 Å². The normalized spacial score (nSPS) is 12.5. The van der Waals surface area contributed by atoms with Crippen molar-refractivity contribution in [2.45, 2.75) is 103 Å². The predicted octanol–water partition coefficient (Wildman–Crippen LogP) is 7.58. The summed E-state index contributed by atoms with van der Waals surface area (Å²) in [4.78, 5) is 1.02. The van der Waals surface area contributed by atoms with Crippen LogP contribution in [0.25, 0.3) is 0 Å². The topological polar surface area (TPSA) is 92.2 Å². The number of hydrogen-bond acceptors (Lipinski definition) is 8. The van der Waals surface area contributed by atoms with Crippen LogP contribution in [0, 0.1) is 6.92 Å². The maximum Gasteiger partial charge on any atom is 0.180 e. The van der Waals surface area contributed by atoms with Crippen molar-refractivity contribution < 1.29 is 24.4 Å². The summed E-state index contributed by atoms with van der Waals surface area (Å²) in [7, 11) is 0. The first-order valence-corrected chi connectivity index (χ1v) is 16.6. The van der Waals surface area contributed by atoms with Crippen molar-refractivity contribution in [3.8, 4) is 11.5 Å². The highest BCUT2D eigenvalue weighted by atomic mass is 32.2. The highest BCUT2D eigenvalue weighted by Crippen LogP contribution is 2.25. The molecule has 248 valence electrons. The second-order valence-corrected chi connectivity index (χ2v) is 12.8. The molecule has 0 aliphatic carbocycles. The third kappa shape index (κ3) is 15.6. The molecule has 3 rings (SSSR count). The van der Waals surface area contributed by atoms with Crippen molar-refractivity contribution in [3.63, 3.8) is 0 Å². The van der Waals surface area contributed by atoms with Crippen LogP contribution in [0.5, 0.6) is 11.5 Å². The van der Waals surface area contributed by atoms with Gasteiger partial charge in [-0.1, -0.05) is 62.4 Å². The van der Waals surface area contributed by atoms with E-state index in [4.69, 9.17) is 19.3 Å². The molecule has 3 aromatic carbocycles. The van der Waals surface area contributed by atoms with Gasteiger partial charge < -0.3 is 29.7 Å². The minimum absolute atomic E-state index is 0.0648. The number of hydrogen-bond donors (Lipinski definition) is 4. The molecule has 0 aromatic heterocycles. The molecule has 2 unspecified atom stereocenters. The smallest absolute Gasteiger partial charge is 0.180 e. The molecule has 3 aromatic rings. The number of benzene rings is 3. The largest absolute Gasteiger partial charge is 0.494 e. The fourth-order valence-electron chi connectivity index (χ4n) is 4.20. The molecular weight excluding hydrogens is 584 g/mol. The fourth-order valence-corrected chi connectivity index (χ4v) is 4.92. The van der Waals surface area contributed by atoms with Gasteiger partial charge in [-0.15, -0.1) is 0 Å². The van der Waals surface area contributed by atoms with E-state index < -0.39 is 11.7 Å².